The molecule has 8 nitrogen and oxygen atoms in total. The highest BCUT2D eigenvalue weighted by atomic mass is 32.2. The maximum Gasteiger partial charge on any atom is 0.242 e. The van der Waals surface area contributed by atoms with E-state index >= 15 is 0 Å². The highest BCUT2D eigenvalue weighted by Gasteiger charge is 2.20. The van der Waals surface area contributed by atoms with E-state index in [1.165, 1.54) is 13.2 Å². The van der Waals surface area contributed by atoms with Crippen LogP contribution in [0.15, 0.2) is 41.7 Å². The Morgan fingerprint density at radius 2 is 2.12 bits per heavy atom. The molecule has 0 spiro atoms. The lowest BCUT2D eigenvalue weighted by atomic mass is 10.2. The fourth-order valence-corrected chi connectivity index (χ4v) is 3.82. The summed E-state index contributed by atoms with van der Waals surface area (Å²) in [6.07, 6.45) is 3.64. The molecule has 0 amide bonds. The summed E-state index contributed by atoms with van der Waals surface area (Å²) in [5.41, 5.74) is 0.381. The van der Waals surface area contributed by atoms with E-state index in [1.54, 1.807) is 30.7 Å². The van der Waals surface area contributed by atoms with Crippen LogP contribution in [-0.2, 0) is 23.0 Å². The molecule has 0 atom stereocenters. The molecule has 0 aliphatic heterocycles. The Kier molecular flexibility index (Phi) is 4.95. The minimum Gasteiger partial charge on any atom is -0.496 e. The fraction of sp³-hybridized carbons (Fsp3) is 0.312. The van der Waals surface area contributed by atoms with E-state index in [-0.39, 0.29) is 11.4 Å². The summed E-state index contributed by atoms with van der Waals surface area (Å²) in [7, 11) is -2.17. The monoisotopic (exact) mass is 361 g/mol. The Balaban J connectivity index is 1.84. The van der Waals surface area contributed by atoms with Crippen LogP contribution in [0.25, 0.3) is 10.9 Å². The SMILES string of the molecule is CCn1cnnc1CCNS(=O)(=O)c1ccc(OC)c2cccnc12. The number of rotatable bonds is 7. The van der Waals surface area contributed by atoms with E-state index in [1.807, 2.05) is 11.5 Å². The number of hydrogen-bond donors (Lipinski definition) is 1. The van der Waals surface area contributed by atoms with Crippen LogP contribution in [0.3, 0.4) is 0 Å². The van der Waals surface area contributed by atoms with Crippen molar-refractivity contribution in [1.82, 2.24) is 24.5 Å². The smallest absolute Gasteiger partial charge is 0.242 e. The second kappa shape index (κ2) is 7.16. The van der Waals surface area contributed by atoms with Gasteiger partial charge in [-0.1, -0.05) is 0 Å². The molecule has 0 unspecified atom stereocenters. The standard InChI is InChI=1S/C16H19N5O3S/c1-3-21-11-18-20-15(21)8-10-19-25(22,23)14-7-6-13(24-2)12-5-4-9-17-16(12)14/h4-7,9,11,19H,3,8,10H2,1-2H3. The van der Waals surface area contributed by atoms with Crippen LogP contribution in [0, 0.1) is 0 Å². The van der Waals surface area contributed by atoms with Gasteiger partial charge in [-0.25, -0.2) is 13.1 Å². The predicted octanol–water partition coefficient (Wildman–Crippen LogP) is 1.38. The van der Waals surface area contributed by atoms with E-state index < -0.39 is 10.0 Å². The first-order valence-corrected chi connectivity index (χ1v) is 9.33. The summed E-state index contributed by atoms with van der Waals surface area (Å²) in [6.45, 7) is 2.94. The Hall–Kier alpha value is -2.52. The van der Waals surface area contributed by atoms with Crippen LogP contribution < -0.4 is 9.46 Å². The normalized spacial score (nSPS) is 11.8. The molecule has 132 valence electrons. The number of methoxy groups -OCH3 is 1. The third-order valence-corrected chi connectivity index (χ3v) is 5.37. The summed E-state index contributed by atoms with van der Waals surface area (Å²) in [5, 5.41) is 8.49. The predicted molar refractivity (Wildman–Crippen MR) is 92.9 cm³/mol. The number of fused-ring (bicyclic) bond motifs is 1. The highest BCUT2D eigenvalue weighted by molar-refractivity contribution is 7.89. The van der Waals surface area contributed by atoms with Crippen LogP contribution in [0.1, 0.15) is 12.7 Å². The molecule has 0 aliphatic carbocycles. The molecule has 2 heterocycles. The molecule has 2 aromatic heterocycles. The van der Waals surface area contributed by atoms with Gasteiger partial charge in [-0.3, -0.25) is 4.98 Å². The van der Waals surface area contributed by atoms with Crippen LogP contribution in [0.2, 0.25) is 0 Å². The topological polar surface area (TPSA) is 99.0 Å². The van der Waals surface area contributed by atoms with Gasteiger partial charge in [-0.05, 0) is 31.2 Å². The largest absolute Gasteiger partial charge is 0.496 e. The third kappa shape index (κ3) is 3.47. The van der Waals surface area contributed by atoms with Crippen LogP contribution >= 0.6 is 0 Å². The van der Waals surface area contributed by atoms with Gasteiger partial charge in [0.25, 0.3) is 0 Å². The van der Waals surface area contributed by atoms with E-state index in [4.69, 9.17) is 4.74 Å². The number of nitrogens with one attached hydrogen (secondary N) is 1. The van der Waals surface area contributed by atoms with E-state index in [9.17, 15) is 8.42 Å². The van der Waals surface area contributed by atoms with Crippen molar-refractivity contribution in [2.75, 3.05) is 13.7 Å². The molecule has 25 heavy (non-hydrogen) atoms. The average molecular weight is 361 g/mol. The molecule has 0 radical (unpaired) electrons. The van der Waals surface area contributed by atoms with Crippen molar-refractivity contribution >= 4 is 20.9 Å². The van der Waals surface area contributed by atoms with Crippen LogP contribution in [0.5, 0.6) is 5.75 Å². The van der Waals surface area contributed by atoms with Crippen molar-refractivity contribution in [2.45, 2.75) is 24.8 Å². The van der Waals surface area contributed by atoms with Crippen molar-refractivity contribution in [3.05, 3.63) is 42.6 Å². The average Bonchev–Trinajstić information content (AvgIpc) is 3.08. The molecule has 0 fully saturated rings. The van der Waals surface area contributed by atoms with Crippen molar-refractivity contribution in [3.63, 3.8) is 0 Å². The van der Waals surface area contributed by atoms with Gasteiger partial charge >= 0.3 is 0 Å². The molecule has 1 aromatic carbocycles. The van der Waals surface area contributed by atoms with E-state index in [0.717, 1.165) is 12.4 Å². The lowest BCUT2D eigenvalue weighted by Crippen LogP contribution is -2.27. The zero-order valence-corrected chi connectivity index (χ0v) is 14.8. The zero-order valence-electron chi connectivity index (χ0n) is 14.0. The Morgan fingerprint density at radius 3 is 2.88 bits per heavy atom. The third-order valence-electron chi connectivity index (χ3n) is 3.88. The summed E-state index contributed by atoms with van der Waals surface area (Å²) in [4.78, 5) is 4.34. The second-order valence-electron chi connectivity index (χ2n) is 5.35. The summed E-state index contributed by atoms with van der Waals surface area (Å²) in [6, 6.07) is 6.66. The molecular formula is C16H19N5O3S. The van der Waals surface area contributed by atoms with Crippen molar-refractivity contribution in [1.29, 1.82) is 0 Å². The first-order valence-electron chi connectivity index (χ1n) is 7.85. The minimum absolute atomic E-state index is 0.126. The molecule has 0 saturated carbocycles. The Morgan fingerprint density at radius 1 is 1.28 bits per heavy atom. The summed E-state index contributed by atoms with van der Waals surface area (Å²) < 4.78 is 35.1. The second-order valence-corrected chi connectivity index (χ2v) is 7.08. The van der Waals surface area contributed by atoms with Gasteiger partial charge in [0.2, 0.25) is 10.0 Å². The number of aromatic nitrogens is 4. The van der Waals surface area contributed by atoms with Gasteiger partial charge in [-0.2, -0.15) is 0 Å². The first kappa shape index (κ1) is 17.3. The van der Waals surface area contributed by atoms with Crippen molar-refractivity contribution < 1.29 is 13.2 Å². The molecule has 9 heteroatoms. The van der Waals surface area contributed by atoms with Gasteiger partial charge in [-0.15, -0.1) is 10.2 Å². The van der Waals surface area contributed by atoms with Crippen molar-refractivity contribution in [3.8, 4) is 5.75 Å². The number of benzene rings is 1. The molecular weight excluding hydrogens is 342 g/mol. The highest BCUT2D eigenvalue weighted by Crippen LogP contribution is 2.29. The zero-order chi connectivity index (χ0) is 17.9. The summed E-state index contributed by atoms with van der Waals surface area (Å²) >= 11 is 0. The van der Waals surface area contributed by atoms with Gasteiger partial charge < -0.3 is 9.30 Å². The Bertz CT molecular complexity index is 984. The van der Waals surface area contributed by atoms with Gasteiger partial charge in [0.15, 0.2) is 0 Å². The van der Waals surface area contributed by atoms with Crippen LogP contribution in [-0.4, -0.2) is 41.8 Å². The number of pyridine rings is 1. The Labute approximate surface area is 145 Å². The molecule has 1 N–H and O–H groups in total. The lowest BCUT2D eigenvalue weighted by Gasteiger charge is -2.11. The van der Waals surface area contributed by atoms with Crippen LogP contribution in [0.4, 0.5) is 0 Å². The first-order chi connectivity index (χ1) is 12.1. The minimum atomic E-state index is -3.71. The van der Waals surface area contributed by atoms with Gasteiger partial charge in [0.1, 0.15) is 22.8 Å². The van der Waals surface area contributed by atoms with E-state index in [0.29, 0.717) is 23.1 Å². The summed E-state index contributed by atoms with van der Waals surface area (Å²) in [5.74, 6) is 1.32. The lowest BCUT2D eigenvalue weighted by molar-refractivity contribution is 0.419. The van der Waals surface area contributed by atoms with Gasteiger partial charge in [0.05, 0.1) is 12.6 Å². The number of aryl methyl sites for hydroxylation is 1. The quantitative estimate of drug-likeness (QED) is 0.682. The van der Waals surface area contributed by atoms with Gasteiger partial charge in [0, 0.05) is 31.1 Å². The number of ether oxygens (including phenoxy) is 1. The fourth-order valence-electron chi connectivity index (χ4n) is 2.63. The molecule has 3 rings (SSSR count). The molecule has 0 bridgehead atoms. The molecule has 0 saturated heterocycles. The van der Waals surface area contributed by atoms with E-state index in [2.05, 4.69) is 19.9 Å². The molecule has 3 aromatic rings. The number of sulfonamides is 1. The molecule has 0 aliphatic rings. The maximum atomic E-state index is 12.7. The van der Waals surface area contributed by atoms with Crippen molar-refractivity contribution in [2.24, 2.45) is 0 Å². The number of nitrogens with zero attached hydrogens (tertiary/aromatic N) is 4. The maximum absolute atomic E-state index is 12.7. The number of hydrogen-bond acceptors (Lipinski definition) is 6.